The van der Waals surface area contributed by atoms with Crippen LogP contribution in [0.25, 0.3) is 0 Å². The smallest absolute Gasteiger partial charge is 0.332 e. The van der Waals surface area contributed by atoms with Crippen LogP contribution in [0.2, 0.25) is 0 Å². The van der Waals surface area contributed by atoms with E-state index >= 15 is 0 Å². The highest BCUT2D eigenvalue weighted by molar-refractivity contribution is 5.86. The predicted octanol–water partition coefficient (Wildman–Crippen LogP) is -0.979. The summed E-state index contributed by atoms with van der Waals surface area (Å²) in [7, 11) is 0. The van der Waals surface area contributed by atoms with E-state index in [0.29, 0.717) is 6.42 Å². The third-order valence-corrected chi connectivity index (χ3v) is 2.80. The first kappa shape index (κ1) is 17.2. The zero-order valence-corrected chi connectivity index (χ0v) is 11.0. The summed E-state index contributed by atoms with van der Waals surface area (Å²) in [4.78, 5) is 33.0. The van der Waals surface area contributed by atoms with E-state index in [1.54, 1.807) is 6.92 Å². The molecular formula is C11H21N3O5. The van der Waals surface area contributed by atoms with Crippen LogP contribution in [0.4, 0.5) is 4.79 Å². The molecule has 8 heteroatoms. The molecule has 0 fully saturated rings. The number of nitrogens with one attached hydrogen (secondary N) is 2. The molecule has 0 aromatic carbocycles. The highest BCUT2D eigenvalue weighted by atomic mass is 16.4. The fourth-order valence-electron chi connectivity index (χ4n) is 1.42. The maximum Gasteiger partial charge on any atom is 0.332 e. The Balaban J connectivity index is 4.32. The van der Waals surface area contributed by atoms with Crippen molar-refractivity contribution < 1.29 is 24.6 Å². The van der Waals surface area contributed by atoms with Crippen LogP contribution < -0.4 is 16.4 Å². The molecule has 0 saturated heterocycles. The van der Waals surface area contributed by atoms with Gasteiger partial charge in [0.1, 0.15) is 6.04 Å². The lowest BCUT2D eigenvalue weighted by molar-refractivity contribution is -0.147. The van der Waals surface area contributed by atoms with Crippen molar-refractivity contribution in [1.82, 2.24) is 10.6 Å². The Morgan fingerprint density at radius 3 is 2.32 bits per heavy atom. The third-order valence-electron chi connectivity index (χ3n) is 2.80. The van der Waals surface area contributed by atoms with Gasteiger partial charge >= 0.3 is 12.0 Å². The van der Waals surface area contributed by atoms with Crippen LogP contribution in [0.1, 0.15) is 26.7 Å². The third kappa shape index (κ3) is 6.61. The monoisotopic (exact) mass is 275 g/mol. The van der Waals surface area contributed by atoms with E-state index in [4.69, 9.17) is 15.9 Å². The molecule has 0 aromatic heterocycles. The number of primary amides is 1. The number of amides is 3. The van der Waals surface area contributed by atoms with Gasteiger partial charge in [0.05, 0.1) is 0 Å². The van der Waals surface area contributed by atoms with Gasteiger partial charge in [0.25, 0.3) is 0 Å². The number of carbonyl (C=O) groups is 3. The van der Waals surface area contributed by atoms with Crippen molar-refractivity contribution in [1.29, 1.82) is 0 Å². The Morgan fingerprint density at radius 1 is 1.32 bits per heavy atom. The summed E-state index contributed by atoms with van der Waals surface area (Å²) in [5, 5.41) is 22.3. The van der Waals surface area contributed by atoms with Gasteiger partial charge in [0, 0.05) is 13.0 Å². The number of hydrogen-bond donors (Lipinski definition) is 5. The van der Waals surface area contributed by atoms with Gasteiger partial charge in [-0.1, -0.05) is 20.3 Å². The molecule has 0 saturated carbocycles. The average molecular weight is 275 g/mol. The Kier molecular flexibility index (Phi) is 7.50. The summed E-state index contributed by atoms with van der Waals surface area (Å²) in [6.07, 6.45) is -0.965. The summed E-state index contributed by atoms with van der Waals surface area (Å²) >= 11 is 0. The minimum Gasteiger partial charge on any atom is -0.479 e. The summed E-state index contributed by atoms with van der Waals surface area (Å²) < 4.78 is 0. The Hall–Kier alpha value is -1.83. The zero-order valence-electron chi connectivity index (χ0n) is 11.0. The topological polar surface area (TPSA) is 142 Å². The van der Waals surface area contributed by atoms with Crippen LogP contribution in [-0.2, 0) is 9.59 Å². The molecule has 0 rings (SSSR count). The Labute approximate surface area is 111 Å². The number of hydrogen-bond acceptors (Lipinski definition) is 4. The van der Waals surface area contributed by atoms with Crippen LogP contribution in [0, 0.1) is 5.92 Å². The van der Waals surface area contributed by atoms with E-state index in [1.165, 1.54) is 0 Å². The van der Waals surface area contributed by atoms with Gasteiger partial charge in [-0.25, -0.2) is 9.59 Å². The molecule has 6 N–H and O–H groups in total. The molecule has 110 valence electrons. The van der Waals surface area contributed by atoms with Gasteiger partial charge in [0.15, 0.2) is 6.10 Å². The first-order chi connectivity index (χ1) is 8.79. The predicted molar refractivity (Wildman–Crippen MR) is 67.2 cm³/mol. The van der Waals surface area contributed by atoms with Crippen molar-refractivity contribution in [2.24, 2.45) is 11.7 Å². The van der Waals surface area contributed by atoms with Crippen LogP contribution >= 0.6 is 0 Å². The normalized spacial score (nSPS) is 15.1. The molecule has 3 atom stereocenters. The lowest BCUT2D eigenvalue weighted by atomic mass is 9.98. The van der Waals surface area contributed by atoms with Crippen LogP contribution in [0.3, 0.4) is 0 Å². The van der Waals surface area contributed by atoms with Crippen molar-refractivity contribution in [3.05, 3.63) is 0 Å². The number of carboxylic acid groups (broad SMARTS) is 1. The number of rotatable bonds is 8. The number of aliphatic hydroxyl groups excluding tert-OH is 1. The van der Waals surface area contributed by atoms with Crippen LogP contribution in [-0.4, -0.2) is 46.8 Å². The van der Waals surface area contributed by atoms with Gasteiger partial charge in [-0.05, 0) is 5.92 Å². The summed E-state index contributed by atoms with van der Waals surface area (Å²) in [5.74, 6) is -1.91. The molecule has 0 aliphatic heterocycles. The Morgan fingerprint density at radius 2 is 1.89 bits per heavy atom. The van der Waals surface area contributed by atoms with Gasteiger partial charge in [-0.15, -0.1) is 0 Å². The maximum atomic E-state index is 11.8. The highest BCUT2D eigenvalue weighted by Gasteiger charge is 2.25. The van der Waals surface area contributed by atoms with E-state index in [1.807, 2.05) is 6.92 Å². The highest BCUT2D eigenvalue weighted by Crippen LogP contribution is 2.07. The second-order valence-corrected chi connectivity index (χ2v) is 4.31. The first-order valence-corrected chi connectivity index (χ1v) is 6.04. The minimum atomic E-state index is -1.52. The SMILES string of the molecule is CCC(C)C(NC(N)=O)C(=O)NCC[C@H](O)C(=O)O. The molecule has 2 unspecified atom stereocenters. The molecule has 8 nitrogen and oxygen atoms in total. The van der Waals surface area contributed by atoms with Crippen molar-refractivity contribution in [2.45, 2.75) is 38.8 Å². The van der Waals surface area contributed by atoms with Gasteiger partial charge in [0.2, 0.25) is 5.91 Å². The number of carbonyl (C=O) groups excluding carboxylic acids is 2. The van der Waals surface area contributed by atoms with Gasteiger partial charge in [-0.3, -0.25) is 4.79 Å². The zero-order chi connectivity index (χ0) is 15.0. The molecule has 0 heterocycles. The maximum absolute atomic E-state index is 11.8. The number of urea groups is 1. The van der Waals surface area contributed by atoms with Gasteiger partial charge in [-0.2, -0.15) is 0 Å². The second kappa shape index (κ2) is 8.30. The largest absolute Gasteiger partial charge is 0.479 e. The van der Waals surface area contributed by atoms with E-state index in [2.05, 4.69) is 10.6 Å². The molecule has 3 amide bonds. The van der Waals surface area contributed by atoms with Gasteiger partial charge < -0.3 is 26.6 Å². The quantitative estimate of drug-likeness (QED) is 0.387. The molecule has 0 aromatic rings. The van der Waals surface area contributed by atoms with E-state index in [0.717, 1.165) is 0 Å². The number of aliphatic carboxylic acids is 1. The van der Waals surface area contributed by atoms with Crippen molar-refractivity contribution >= 4 is 17.9 Å². The van der Waals surface area contributed by atoms with E-state index in [9.17, 15) is 14.4 Å². The lowest BCUT2D eigenvalue weighted by Gasteiger charge is -2.22. The first-order valence-electron chi connectivity index (χ1n) is 6.04. The van der Waals surface area contributed by atoms with Crippen molar-refractivity contribution in [3.8, 4) is 0 Å². The fraction of sp³-hybridized carbons (Fsp3) is 0.727. The summed E-state index contributed by atoms with van der Waals surface area (Å²) in [5.41, 5.74) is 4.99. The Bertz CT molecular complexity index is 334. The molecule has 19 heavy (non-hydrogen) atoms. The van der Waals surface area contributed by atoms with Crippen LogP contribution in [0.15, 0.2) is 0 Å². The fourth-order valence-corrected chi connectivity index (χ4v) is 1.42. The summed E-state index contributed by atoms with van der Waals surface area (Å²) in [6, 6.07) is -1.57. The average Bonchev–Trinajstić information content (AvgIpc) is 2.34. The molecule has 0 radical (unpaired) electrons. The number of aliphatic hydroxyl groups is 1. The van der Waals surface area contributed by atoms with E-state index < -0.39 is 30.1 Å². The second-order valence-electron chi connectivity index (χ2n) is 4.31. The minimum absolute atomic E-state index is 0.000321. The standard InChI is InChI=1S/C11H21N3O5/c1-3-6(2)8(14-11(12)19)9(16)13-5-4-7(15)10(17)18/h6-8,15H,3-5H2,1-2H3,(H,13,16)(H,17,18)(H3,12,14,19)/t6?,7-,8?/m0/s1. The van der Waals surface area contributed by atoms with Crippen LogP contribution in [0.5, 0.6) is 0 Å². The molecule has 0 bridgehead atoms. The number of carboxylic acids is 1. The lowest BCUT2D eigenvalue weighted by Crippen LogP contribution is -2.52. The molecule has 0 aliphatic carbocycles. The van der Waals surface area contributed by atoms with E-state index in [-0.39, 0.29) is 18.9 Å². The number of nitrogens with two attached hydrogens (primary N) is 1. The molecular weight excluding hydrogens is 254 g/mol. The van der Waals surface area contributed by atoms with Crippen molar-refractivity contribution in [3.63, 3.8) is 0 Å². The molecule has 0 aliphatic rings. The van der Waals surface area contributed by atoms with Crippen molar-refractivity contribution in [2.75, 3.05) is 6.54 Å². The molecule has 0 spiro atoms. The summed E-state index contributed by atoms with van der Waals surface area (Å²) in [6.45, 7) is 3.65.